The molecular formula is C9H6N2O3. The Morgan fingerprint density at radius 2 is 2.29 bits per heavy atom. The molecule has 1 N–H and O–H groups in total. The van der Waals surface area contributed by atoms with E-state index in [4.69, 9.17) is 5.11 Å². The third kappa shape index (κ3) is 1.28. The van der Waals surface area contributed by atoms with E-state index in [1.165, 1.54) is 6.20 Å². The van der Waals surface area contributed by atoms with E-state index in [0.29, 0.717) is 10.7 Å². The average molecular weight is 190 g/mol. The van der Waals surface area contributed by atoms with Gasteiger partial charge in [-0.1, -0.05) is 0 Å². The highest BCUT2D eigenvalue weighted by molar-refractivity contribution is 6.18. The molecule has 5 heteroatoms. The zero-order chi connectivity index (χ0) is 10.1. The van der Waals surface area contributed by atoms with Crippen molar-refractivity contribution in [3.05, 3.63) is 29.0 Å². The molecule has 5 nitrogen and oxygen atoms in total. The molecule has 2 rings (SSSR count). The van der Waals surface area contributed by atoms with E-state index in [0.717, 1.165) is 0 Å². The second kappa shape index (κ2) is 3.02. The molecule has 0 spiro atoms. The number of pyridine rings is 1. The van der Waals surface area contributed by atoms with Crippen LogP contribution in [-0.4, -0.2) is 22.0 Å². The van der Waals surface area contributed by atoms with Crippen molar-refractivity contribution in [1.82, 2.24) is 4.98 Å². The van der Waals surface area contributed by atoms with Crippen LogP contribution >= 0.6 is 0 Å². The van der Waals surface area contributed by atoms with E-state index in [9.17, 15) is 9.59 Å². The SMILES string of the molecule is O=C(O)CC1=c2cccnc2=NC1=O. The maximum Gasteiger partial charge on any atom is 0.308 e. The van der Waals surface area contributed by atoms with Crippen LogP contribution in [0.25, 0.3) is 5.57 Å². The molecule has 14 heavy (non-hydrogen) atoms. The van der Waals surface area contributed by atoms with Gasteiger partial charge in [0.2, 0.25) is 0 Å². The van der Waals surface area contributed by atoms with Gasteiger partial charge in [0.15, 0.2) is 5.49 Å². The molecule has 0 fully saturated rings. The van der Waals surface area contributed by atoms with Gasteiger partial charge in [0.25, 0.3) is 5.91 Å². The number of aliphatic carboxylic acids is 1. The van der Waals surface area contributed by atoms with Crippen LogP contribution in [0.2, 0.25) is 0 Å². The smallest absolute Gasteiger partial charge is 0.308 e. The minimum atomic E-state index is -1.04. The summed E-state index contributed by atoms with van der Waals surface area (Å²) in [5, 5.41) is 9.11. The van der Waals surface area contributed by atoms with Crippen LogP contribution in [0.15, 0.2) is 23.3 Å². The van der Waals surface area contributed by atoms with Crippen molar-refractivity contribution in [2.45, 2.75) is 6.42 Å². The number of carbonyl (C=O) groups excluding carboxylic acids is 1. The number of carboxylic acid groups (broad SMARTS) is 1. The number of fused-ring (bicyclic) bond motifs is 1. The molecule has 1 amide bonds. The van der Waals surface area contributed by atoms with Gasteiger partial charge in [-0.3, -0.25) is 9.59 Å². The Labute approximate surface area is 78.4 Å². The minimum Gasteiger partial charge on any atom is -0.481 e. The fraction of sp³-hybridized carbons (Fsp3) is 0.111. The van der Waals surface area contributed by atoms with Gasteiger partial charge < -0.3 is 5.11 Å². The normalized spacial score (nSPS) is 13.7. The largest absolute Gasteiger partial charge is 0.481 e. The monoisotopic (exact) mass is 190 g/mol. The Bertz CT molecular complexity index is 533. The standard InChI is InChI=1S/C9H6N2O3/c12-7(13)4-6-5-2-1-3-10-8(5)11-9(6)14/h1-3H,4H2,(H,12,13). The van der Waals surface area contributed by atoms with Crippen molar-refractivity contribution in [2.24, 2.45) is 4.99 Å². The maximum atomic E-state index is 11.3. The van der Waals surface area contributed by atoms with Gasteiger partial charge in [0.05, 0.1) is 6.42 Å². The number of hydrogen-bond acceptors (Lipinski definition) is 3. The van der Waals surface area contributed by atoms with Crippen LogP contribution in [0.4, 0.5) is 0 Å². The predicted molar refractivity (Wildman–Crippen MR) is 45.7 cm³/mol. The fourth-order valence-electron chi connectivity index (χ4n) is 1.32. The third-order valence-corrected chi connectivity index (χ3v) is 1.91. The topological polar surface area (TPSA) is 79.6 Å². The molecule has 1 aliphatic rings. The molecule has 0 bridgehead atoms. The summed E-state index contributed by atoms with van der Waals surface area (Å²) in [5.41, 5.74) is 0.523. The molecule has 1 aliphatic heterocycles. The number of aromatic nitrogens is 1. The molecule has 0 saturated carbocycles. The highest BCUT2D eigenvalue weighted by Crippen LogP contribution is 2.04. The Morgan fingerprint density at radius 1 is 1.50 bits per heavy atom. The van der Waals surface area contributed by atoms with Gasteiger partial charge in [-0.25, -0.2) is 4.98 Å². The molecule has 0 aliphatic carbocycles. The van der Waals surface area contributed by atoms with E-state index < -0.39 is 11.9 Å². The summed E-state index contributed by atoms with van der Waals surface area (Å²) in [7, 11) is 0. The van der Waals surface area contributed by atoms with Crippen LogP contribution in [0.5, 0.6) is 0 Å². The minimum absolute atomic E-state index is 0.209. The van der Waals surface area contributed by atoms with Crippen LogP contribution in [-0.2, 0) is 9.59 Å². The van der Waals surface area contributed by atoms with Crippen molar-refractivity contribution < 1.29 is 14.7 Å². The van der Waals surface area contributed by atoms with Crippen molar-refractivity contribution in [1.29, 1.82) is 0 Å². The quantitative estimate of drug-likeness (QED) is 0.639. The summed E-state index contributed by atoms with van der Waals surface area (Å²) in [6.07, 6.45) is 1.21. The van der Waals surface area contributed by atoms with E-state index >= 15 is 0 Å². The first-order valence-corrected chi connectivity index (χ1v) is 3.97. The molecule has 1 aromatic heterocycles. The zero-order valence-electron chi connectivity index (χ0n) is 7.10. The van der Waals surface area contributed by atoms with Crippen LogP contribution < -0.4 is 10.7 Å². The van der Waals surface area contributed by atoms with E-state index in [2.05, 4.69) is 9.98 Å². The number of hydrogen-bond donors (Lipinski definition) is 1. The second-order valence-electron chi connectivity index (χ2n) is 2.84. The lowest BCUT2D eigenvalue weighted by Crippen LogP contribution is -2.26. The Balaban J connectivity index is 2.66. The van der Waals surface area contributed by atoms with E-state index in [1.807, 2.05) is 0 Å². The molecule has 0 unspecified atom stereocenters. The summed E-state index contributed by atoms with van der Waals surface area (Å²) in [4.78, 5) is 29.2. The summed E-state index contributed by atoms with van der Waals surface area (Å²) in [6, 6.07) is 3.30. The molecule has 0 saturated heterocycles. The van der Waals surface area contributed by atoms with Crippen molar-refractivity contribution in [3.8, 4) is 0 Å². The predicted octanol–water partition coefficient (Wildman–Crippen LogP) is -1.13. The van der Waals surface area contributed by atoms with Crippen molar-refractivity contribution >= 4 is 17.4 Å². The van der Waals surface area contributed by atoms with Crippen molar-refractivity contribution in [3.63, 3.8) is 0 Å². The Kier molecular flexibility index (Phi) is 1.85. The number of rotatable bonds is 2. The molecule has 1 aromatic rings. The first kappa shape index (κ1) is 8.55. The van der Waals surface area contributed by atoms with Crippen LogP contribution in [0, 0.1) is 0 Å². The Morgan fingerprint density at radius 3 is 3.00 bits per heavy atom. The Hall–Kier alpha value is -2.04. The summed E-state index contributed by atoms with van der Waals surface area (Å²) < 4.78 is 0. The molecule has 70 valence electrons. The first-order chi connectivity index (χ1) is 6.68. The van der Waals surface area contributed by atoms with Gasteiger partial charge in [0, 0.05) is 17.0 Å². The lowest BCUT2D eigenvalue weighted by Gasteiger charge is -1.92. The lowest BCUT2D eigenvalue weighted by molar-refractivity contribution is -0.136. The summed E-state index contributed by atoms with van der Waals surface area (Å²) in [5.74, 6) is -1.54. The highest BCUT2D eigenvalue weighted by Gasteiger charge is 2.18. The summed E-state index contributed by atoms with van der Waals surface area (Å²) >= 11 is 0. The molecule has 0 radical (unpaired) electrons. The average Bonchev–Trinajstić information content (AvgIpc) is 2.43. The van der Waals surface area contributed by atoms with Crippen molar-refractivity contribution in [2.75, 3.05) is 0 Å². The van der Waals surface area contributed by atoms with Gasteiger partial charge in [-0.2, -0.15) is 4.99 Å². The summed E-state index contributed by atoms with van der Waals surface area (Å²) in [6.45, 7) is 0. The second-order valence-corrected chi connectivity index (χ2v) is 2.84. The molecular weight excluding hydrogens is 184 g/mol. The number of nitrogens with zero attached hydrogens (tertiary/aromatic N) is 2. The number of amides is 1. The van der Waals surface area contributed by atoms with Gasteiger partial charge in [-0.05, 0) is 12.1 Å². The van der Waals surface area contributed by atoms with E-state index in [-0.39, 0.29) is 12.0 Å². The van der Waals surface area contributed by atoms with Gasteiger partial charge in [0.1, 0.15) is 0 Å². The number of carboxylic acids is 1. The molecule has 0 aromatic carbocycles. The lowest BCUT2D eigenvalue weighted by atomic mass is 10.1. The van der Waals surface area contributed by atoms with E-state index in [1.54, 1.807) is 12.1 Å². The van der Waals surface area contributed by atoms with Crippen LogP contribution in [0.1, 0.15) is 6.42 Å². The zero-order valence-corrected chi connectivity index (χ0v) is 7.10. The highest BCUT2D eigenvalue weighted by atomic mass is 16.4. The third-order valence-electron chi connectivity index (χ3n) is 1.91. The fourth-order valence-corrected chi connectivity index (χ4v) is 1.32. The van der Waals surface area contributed by atoms with Gasteiger partial charge >= 0.3 is 5.97 Å². The van der Waals surface area contributed by atoms with Crippen LogP contribution in [0.3, 0.4) is 0 Å². The maximum absolute atomic E-state index is 11.3. The molecule has 2 heterocycles. The molecule has 0 atom stereocenters. The first-order valence-electron chi connectivity index (χ1n) is 3.97. The number of carbonyl (C=O) groups is 2. The van der Waals surface area contributed by atoms with Gasteiger partial charge in [-0.15, -0.1) is 0 Å².